The van der Waals surface area contributed by atoms with Crippen LogP contribution in [0.1, 0.15) is 31.3 Å². The van der Waals surface area contributed by atoms with Gasteiger partial charge in [-0.3, -0.25) is 9.48 Å². The normalized spacial score (nSPS) is 12.1. The summed E-state index contributed by atoms with van der Waals surface area (Å²) in [7, 11) is 1.65. The van der Waals surface area contributed by atoms with Crippen molar-refractivity contribution in [2.75, 3.05) is 7.11 Å². The van der Waals surface area contributed by atoms with Crippen LogP contribution in [0.4, 0.5) is 0 Å². The summed E-state index contributed by atoms with van der Waals surface area (Å²) < 4.78 is 8.80. The number of benzene rings is 1. The summed E-state index contributed by atoms with van der Waals surface area (Å²) in [6.45, 7) is 6.76. The number of carbonyl (C=O) groups is 1. The first kappa shape index (κ1) is 20.6. The summed E-state index contributed by atoms with van der Waals surface area (Å²) in [5.41, 5.74) is 4.56. The van der Waals surface area contributed by atoms with E-state index in [0.29, 0.717) is 5.65 Å². The molecular formula is C23H26N6O2. The van der Waals surface area contributed by atoms with E-state index in [4.69, 9.17) is 4.74 Å². The number of aryl methyl sites for hydroxylation is 2. The molecule has 8 heteroatoms. The Balaban J connectivity index is 1.59. The highest BCUT2D eigenvalue weighted by atomic mass is 16.5. The van der Waals surface area contributed by atoms with E-state index >= 15 is 0 Å². The zero-order valence-electron chi connectivity index (χ0n) is 18.2. The summed E-state index contributed by atoms with van der Waals surface area (Å²) in [5.74, 6) is 0.675. The monoisotopic (exact) mass is 418 g/mol. The van der Waals surface area contributed by atoms with Gasteiger partial charge in [-0.2, -0.15) is 10.2 Å². The third-order valence-corrected chi connectivity index (χ3v) is 5.37. The minimum atomic E-state index is -0.152. The fourth-order valence-corrected chi connectivity index (χ4v) is 3.88. The lowest BCUT2D eigenvalue weighted by Gasteiger charge is -2.15. The van der Waals surface area contributed by atoms with Gasteiger partial charge in [-0.1, -0.05) is 12.1 Å². The van der Waals surface area contributed by atoms with Gasteiger partial charge in [0.05, 0.1) is 24.5 Å². The van der Waals surface area contributed by atoms with E-state index in [1.54, 1.807) is 24.2 Å². The second-order valence-corrected chi connectivity index (χ2v) is 7.39. The lowest BCUT2D eigenvalue weighted by Crippen LogP contribution is -2.31. The van der Waals surface area contributed by atoms with Crippen LogP contribution in [0.3, 0.4) is 0 Å². The molecular weight excluding hydrogens is 392 g/mol. The maximum Gasteiger partial charge on any atom is 0.242 e. The molecule has 1 aromatic carbocycles. The third-order valence-electron chi connectivity index (χ3n) is 5.37. The van der Waals surface area contributed by atoms with Crippen molar-refractivity contribution < 1.29 is 9.53 Å². The number of fused-ring (bicyclic) bond motifs is 1. The molecule has 0 bridgehead atoms. The van der Waals surface area contributed by atoms with Crippen molar-refractivity contribution in [3.63, 3.8) is 0 Å². The van der Waals surface area contributed by atoms with Crippen LogP contribution in [-0.4, -0.2) is 37.6 Å². The average Bonchev–Trinajstić information content (AvgIpc) is 3.38. The van der Waals surface area contributed by atoms with Crippen molar-refractivity contribution in [2.45, 2.75) is 39.9 Å². The van der Waals surface area contributed by atoms with Crippen LogP contribution in [0, 0.1) is 6.92 Å². The van der Waals surface area contributed by atoms with Gasteiger partial charge in [0.25, 0.3) is 0 Å². The van der Waals surface area contributed by atoms with Crippen LogP contribution in [0.2, 0.25) is 0 Å². The van der Waals surface area contributed by atoms with E-state index in [9.17, 15) is 4.79 Å². The van der Waals surface area contributed by atoms with E-state index in [-0.39, 0.29) is 18.5 Å². The maximum absolute atomic E-state index is 12.8. The van der Waals surface area contributed by atoms with E-state index in [0.717, 1.165) is 40.2 Å². The zero-order chi connectivity index (χ0) is 22.0. The van der Waals surface area contributed by atoms with Gasteiger partial charge in [0.2, 0.25) is 5.91 Å². The number of ether oxygens (including phenoxy) is 1. The second kappa shape index (κ2) is 8.59. The number of amides is 1. The predicted octanol–water partition coefficient (Wildman–Crippen LogP) is 3.51. The number of pyridine rings is 1. The Labute approximate surface area is 180 Å². The van der Waals surface area contributed by atoms with Gasteiger partial charge in [0, 0.05) is 24.3 Å². The Morgan fingerprint density at radius 1 is 1.13 bits per heavy atom. The number of carbonyl (C=O) groups excluding carboxylic acids is 1. The number of nitrogens with zero attached hydrogens (tertiary/aromatic N) is 5. The Bertz CT molecular complexity index is 1210. The molecule has 0 fully saturated rings. The van der Waals surface area contributed by atoms with Gasteiger partial charge in [0.15, 0.2) is 5.65 Å². The van der Waals surface area contributed by atoms with Crippen LogP contribution < -0.4 is 10.1 Å². The van der Waals surface area contributed by atoms with E-state index in [1.807, 2.05) is 61.9 Å². The molecule has 31 heavy (non-hydrogen) atoms. The van der Waals surface area contributed by atoms with Gasteiger partial charge in [-0.05, 0) is 56.2 Å². The highest BCUT2D eigenvalue weighted by molar-refractivity contribution is 5.95. The van der Waals surface area contributed by atoms with Crippen molar-refractivity contribution in [3.8, 4) is 16.9 Å². The molecule has 1 amide bonds. The van der Waals surface area contributed by atoms with Gasteiger partial charge in [0.1, 0.15) is 12.3 Å². The highest BCUT2D eigenvalue weighted by Gasteiger charge is 2.18. The molecule has 3 aromatic heterocycles. The molecule has 160 valence electrons. The van der Waals surface area contributed by atoms with Crippen molar-refractivity contribution >= 4 is 16.9 Å². The Morgan fingerprint density at radius 3 is 2.61 bits per heavy atom. The van der Waals surface area contributed by atoms with Gasteiger partial charge < -0.3 is 10.1 Å². The lowest BCUT2D eigenvalue weighted by molar-refractivity contribution is -0.122. The quantitative estimate of drug-likeness (QED) is 0.496. The summed E-state index contributed by atoms with van der Waals surface area (Å²) in [6, 6.07) is 11.6. The minimum Gasteiger partial charge on any atom is -0.497 e. The first-order valence-electron chi connectivity index (χ1n) is 10.3. The average molecular weight is 419 g/mol. The third kappa shape index (κ3) is 4.01. The van der Waals surface area contributed by atoms with E-state index < -0.39 is 0 Å². The van der Waals surface area contributed by atoms with Crippen molar-refractivity contribution in [2.24, 2.45) is 0 Å². The predicted molar refractivity (Wildman–Crippen MR) is 119 cm³/mol. The number of hydrogen-bond donors (Lipinski definition) is 1. The van der Waals surface area contributed by atoms with E-state index in [1.165, 1.54) is 0 Å². The Kier molecular flexibility index (Phi) is 5.70. The molecule has 3 heterocycles. The fraction of sp³-hybridized carbons (Fsp3) is 0.304. The first-order valence-corrected chi connectivity index (χ1v) is 10.3. The SMILES string of the molecule is CCn1nccc1C(C)NC(=O)Cn1nc(C)c2c(-c3ccc(OC)cc3)ccnc21. The smallest absolute Gasteiger partial charge is 0.242 e. The summed E-state index contributed by atoms with van der Waals surface area (Å²) in [6.07, 6.45) is 3.50. The number of aromatic nitrogens is 5. The molecule has 8 nitrogen and oxygen atoms in total. The van der Waals surface area contributed by atoms with Gasteiger partial charge in [-0.15, -0.1) is 0 Å². The maximum atomic E-state index is 12.8. The largest absolute Gasteiger partial charge is 0.497 e. The number of rotatable bonds is 7. The summed E-state index contributed by atoms with van der Waals surface area (Å²) >= 11 is 0. The van der Waals surface area contributed by atoms with E-state index in [2.05, 4.69) is 20.5 Å². The molecule has 0 aliphatic carbocycles. The molecule has 0 aliphatic rings. The Morgan fingerprint density at radius 2 is 1.90 bits per heavy atom. The van der Waals surface area contributed by atoms with Crippen LogP contribution in [0.5, 0.6) is 5.75 Å². The standard InChI is InChI=1S/C23H26N6O2/c1-5-28-20(11-13-25-28)15(2)26-21(30)14-29-23-22(16(3)27-29)19(10-12-24-23)17-6-8-18(31-4)9-7-17/h6-13,15H,5,14H2,1-4H3,(H,26,30). The molecule has 0 aliphatic heterocycles. The molecule has 1 N–H and O–H groups in total. The molecule has 1 atom stereocenters. The van der Waals surface area contributed by atoms with Crippen molar-refractivity contribution in [1.29, 1.82) is 0 Å². The van der Waals surface area contributed by atoms with Crippen LogP contribution >= 0.6 is 0 Å². The number of hydrogen-bond acceptors (Lipinski definition) is 5. The molecule has 1 unspecified atom stereocenters. The molecule has 0 radical (unpaired) electrons. The molecule has 4 aromatic rings. The number of nitrogens with one attached hydrogen (secondary N) is 1. The molecule has 0 spiro atoms. The van der Waals surface area contributed by atoms with Crippen LogP contribution in [0.15, 0.2) is 48.8 Å². The fourth-order valence-electron chi connectivity index (χ4n) is 3.88. The lowest BCUT2D eigenvalue weighted by atomic mass is 10.0. The van der Waals surface area contributed by atoms with Crippen LogP contribution in [0.25, 0.3) is 22.2 Å². The van der Waals surface area contributed by atoms with Crippen LogP contribution in [-0.2, 0) is 17.9 Å². The molecule has 0 saturated heterocycles. The van der Waals surface area contributed by atoms with Crippen molar-refractivity contribution in [1.82, 2.24) is 29.9 Å². The zero-order valence-corrected chi connectivity index (χ0v) is 18.2. The minimum absolute atomic E-state index is 0.0913. The summed E-state index contributed by atoms with van der Waals surface area (Å²) in [5, 5.41) is 12.9. The summed E-state index contributed by atoms with van der Waals surface area (Å²) in [4.78, 5) is 17.3. The first-order chi connectivity index (χ1) is 15.0. The van der Waals surface area contributed by atoms with Crippen molar-refractivity contribution in [3.05, 3.63) is 60.2 Å². The second-order valence-electron chi connectivity index (χ2n) is 7.39. The molecule has 0 saturated carbocycles. The Hall–Kier alpha value is -3.68. The topological polar surface area (TPSA) is 86.9 Å². The number of methoxy groups -OCH3 is 1. The highest BCUT2D eigenvalue weighted by Crippen LogP contribution is 2.30. The van der Waals surface area contributed by atoms with Gasteiger partial charge in [-0.25, -0.2) is 9.67 Å². The van der Waals surface area contributed by atoms with Gasteiger partial charge >= 0.3 is 0 Å². The molecule has 4 rings (SSSR count).